The van der Waals surface area contributed by atoms with Gasteiger partial charge in [0.05, 0.1) is 45.2 Å². The quantitative estimate of drug-likeness (QED) is 0.312. The second-order valence-electron chi connectivity index (χ2n) is 11.6. The van der Waals surface area contributed by atoms with E-state index < -0.39 is 17.9 Å². The molecular weight excluding hydrogens is 625 g/mol. The highest BCUT2D eigenvalue weighted by Gasteiger charge is 2.35. The summed E-state index contributed by atoms with van der Waals surface area (Å²) in [5, 5.41) is 18.1. The Kier molecular flexibility index (Phi) is 10.7. The van der Waals surface area contributed by atoms with Crippen molar-refractivity contribution in [3.63, 3.8) is 0 Å². The van der Waals surface area contributed by atoms with E-state index in [4.69, 9.17) is 24.4 Å². The highest BCUT2D eigenvalue weighted by molar-refractivity contribution is 8.93. The smallest absolute Gasteiger partial charge is 0.332 e. The summed E-state index contributed by atoms with van der Waals surface area (Å²) in [6.45, 7) is 8.99. The van der Waals surface area contributed by atoms with Crippen LogP contribution in [-0.2, 0) is 21.5 Å². The van der Waals surface area contributed by atoms with E-state index in [9.17, 15) is 14.7 Å². The number of Topliss-reactive ketones (excluding diaryl/α,β-unsaturated/α-hetero) is 1. The molecule has 4 rings (SSSR count). The van der Waals surface area contributed by atoms with Crippen LogP contribution < -0.4 is 19.1 Å². The lowest BCUT2D eigenvalue weighted by atomic mass is 9.84. The molecule has 0 bridgehead atoms. The molecule has 0 aromatic heterocycles. The number of halogens is 2. The van der Waals surface area contributed by atoms with Crippen molar-refractivity contribution in [3.8, 4) is 17.2 Å². The van der Waals surface area contributed by atoms with Crippen LogP contribution in [-0.4, -0.2) is 80.8 Å². The average Bonchev–Trinajstić information content (AvgIpc) is 3.54. The zero-order valence-corrected chi connectivity index (χ0v) is 27.4. The summed E-state index contributed by atoms with van der Waals surface area (Å²) in [6.07, 6.45) is -0.149. The molecule has 2 N–H and O–H groups in total. The van der Waals surface area contributed by atoms with Gasteiger partial charge in [-0.25, -0.2) is 9.18 Å². The predicted octanol–water partition coefficient (Wildman–Crippen LogP) is 5.21. The summed E-state index contributed by atoms with van der Waals surface area (Å²) >= 11 is 0. The second kappa shape index (κ2) is 13.5. The van der Waals surface area contributed by atoms with Crippen LogP contribution >= 0.6 is 17.0 Å². The minimum atomic E-state index is -0.984. The summed E-state index contributed by atoms with van der Waals surface area (Å²) < 4.78 is 37.4. The number of carbonyl (C=O) groups is 2. The van der Waals surface area contributed by atoms with Gasteiger partial charge in [0.1, 0.15) is 11.6 Å². The number of nitrogens with zero attached hydrogens (tertiary/aromatic N) is 2. The van der Waals surface area contributed by atoms with Gasteiger partial charge in [-0.2, -0.15) is 0 Å². The molecule has 0 radical (unpaired) electrons. The van der Waals surface area contributed by atoms with Crippen molar-refractivity contribution in [3.05, 3.63) is 46.3 Å². The first-order valence-corrected chi connectivity index (χ1v) is 14.0. The van der Waals surface area contributed by atoms with Crippen molar-refractivity contribution in [2.45, 2.75) is 64.7 Å². The molecule has 0 amide bonds. The minimum Gasteiger partial charge on any atom is -0.494 e. The Balaban J connectivity index is 0.00000506. The minimum absolute atomic E-state index is 0. The monoisotopic (exact) mass is 665 g/mol. The number of benzene rings is 2. The van der Waals surface area contributed by atoms with Gasteiger partial charge >= 0.3 is 5.97 Å². The third-order valence-electron chi connectivity index (χ3n) is 7.83. The molecule has 2 aliphatic heterocycles. The van der Waals surface area contributed by atoms with E-state index in [-0.39, 0.29) is 70.3 Å². The van der Waals surface area contributed by atoms with Crippen LogP contribution in [0.15, 0.2) is 18.2 Å². The van der Waals surface area contributed by atoms with E-state index in [1.165, 1.54) is 19.1 Å². The first kappa shape index (κ1) is 34.1. The third-order valence-corrected chi connectivity index (χ3v) is 7.83. The molecule has 2 heterocycles. The maximum atomic E-state index is 15.3. The zero-order valence-electron chi connectivity index (χ0n) is 25.7. The van der Waals surface area contributed by atoms with Crippen molar-refractivity contribution >= 4 is 40.3 Å². The number of nitrogens with one attached hydrogen (secondary N) is 1. The number of carboxylic acids is 1. The fourth-order valence-corrected chi connectivity index (χ4v) is 5.62. The number of anilines is 1. The van der Waals surface area contributed by atoms with Crippen molar-refractivity contribution < 1.29 is 38.0 Å². The van der Waals surface area contributed by atoms with Crippen LogP contribution in [0.2, 0.25) is 0 Å². The van der Waals surface area contributed by atoms with Crippen LogP contribution in [0.5, 0.6) is 17.2 Å². The predicted molar refractivity (Wildman–Crippen MR) is 167 cm³/mol. The summed E-state index contributed by atoms with van der Waals surface area (Å²) in [7, 11) is 4.35. The van der Waals surface area contributed by atoms with E-state index in [0.717, 1.165) is 11.3 Å². The number of amidine groups is 1. The largest absolute Gasteiger partial charge is 0.494 e. The van der Waals surface area contributed by atoms with Crippen LogP contribution in [0.25, 0.3) is 0 Å². The molecule has 0 saturated carbocycles. The molecule has 2 aromatic rings. The SMILES string of the molecule is Br.CCC(OC1CCN(c2cc(C(=O)CN3Cc4cc(OC)c(OC)c(F)c4C3=N)cc(C(C)(C)C)c2OC)C1)C(=O)O. The number of methoxy groups -OCH3 is 3. The van der Waals surface area contributed by atoms with Gasteiger partial charge in [0.2, 0.25) is 0 Å². The first-order chi connectivity index (χ1) is 19.8. The van der Waals surface area contributed by atoms with E-state index in [1.807, 2.05) is 26.8 Å². The molecule has 12 heteroatoms. The summed E-state index contributed by atoms with van der Waals surface area (Å²) in [5.41, 5.74) is 2.28. The number of carbonyl (C=O) groups excluding carboxylic acids is 1. The number of ketones is 1. The van der Waals surface area contributed by atoms with Gasteiger partial charge in [-0.15, -0.1) is 17.0 Å². The standard InChI is InChI=1S/C31H40FN3O7.BrH/c1-8-23(30(37)38)42-19-9-10-34(15-19)21-12-17(11-20(27(21)40-6)31(2,3)4)22(36)16-35-14-18-13-24(39-5)28(41-7)26(32)25(18)29(35)33;/h11-13,19,23,33H,8-10,14-16H2,1-7H3,(H,37,38);1H. The lowest BCUT2D eigenvalue weighted by Gasteiger charge is -2.29. The van der Waals surface area contributed by atoms with E-state index in [1.54, 1.807) is 26.2 Å². The number of hydrogen-bond donors (Lipinski definition) is 2. The zero-order chi connectivity index (χ0) is 30.9. The fourth-order valence-electron chi connectivity index (χ4n) is 5.62. The Morgan fingerprint density at radius 1 is 1.12 bits per heavy atom. The van der Waals surface area contributed by atoms with Gasteiger partial charge in [-0.1, -0.05) is 27.7 Å². The molecule has 2 atom stereocenters. The van der Waals surface area contributed by atoms with Gasteiger partial charge in [0.15, 0.2) is 29.2 Å². The van der Waals surface area contributed by atoms with E-state index >= 15 is 4.39 Å². The molecule has 2 aromatic carbocycles. The van der Waals surface area contributed by atoms with Gasteiger partial charge < -0.3 is 33.9 Å². The van der Waals surface area contributed by atoms with Gasteiger partial charge in [0, 0.05) is 30.8 Å². The van der Waals surface area contributed by atoms with E-state index in [2.05, 4.69) is 4.90 Å². The molecule has 10 nitrogen and oxygen atoms in total. The number of fused-ring (bicyclic) bond motifs is 1. The highest BCUT2D eigenvalue weighted by atomic mass is 79.9. The number of rotatable bonds is 11. The van der Waals surface area contributed by atoms with Gasteiger partial charge in [-0.3, -0.25) is 10.2 Å². The molecule has 1 saturated heterocycles. The highest BCUT2D eigenvalue weighted by Crippen LogP contribution is 2.42. The number of hydrogen-bond acceptors (Lipinski definition) is 8. The topological polar surface area (TPSA) is 122 Å². The third kappa shape index (κ3) is 6.75. The first-order valence-electron chi connectivity index (χ1n) is 14.0. The lowest BCUT2D eigenvalue weighted by Crippen LogP contribution is -2.32. The van der Waals surface area contributed by atoms with Crippen molar-refractivity contribution in [2.75, 3.05) is 45.9 Å². The number of aliphatic carboxylic acids is 1. The normalized spacial score (nSPS) is 16.9. The molecule has 2 unspecified atom stereocenters. The molecule has 0 aliphatic carbocycles. The maximum Gasteiger partial charge on any atom is 0.332 e. The fraction of sp³-hybridized carbons (Fsp3) is 0.516. The lowest BCUT2D eigenvalue weighted by molar-refractivity contribution is -0.153. The van der Waals surface area contributed by atoms with Crippen LogP contribution in [0.1, 0.15) is 67.6 Å². The molecule has 43 heavy (non-hydrogen) atoms. The Bertz CT molecular complexity index is 1390. The summed E-state index contributed by atoms with van der Waals surface area (Å²) in [6, 6.07) is 5.25. The summed E-state index contributed by atoms with van der Waals surface area (Å²) in [5.74, 6) is -1.20. The Hall–Kier alpha value is -3.38. The second-order valence-corrected chi connectivity index (χ2v) is 11.6. The Labute approximate surface area is 262 Å². The van der Waals surface area contributed by atoms with Crippen molar-refractivity contribution in [1.29, 1.82) is 5.41 Å². The molecule has 0 spiro atoms. The van der Waals surface area contributed by atoms with Crippen LogP contribution in [0.3, 0.4) is 0 Å². The number of ether oxygens (including phenoxy) is 4. The summed E-state index contributed by atoms with van der Waals surface area (Å²) in [4.78, 5) is 28.9. The maximum absolute atomic E-state index is 15.3. The van der Waals surface area contributed by atoms with Gasteiger partial charge in [0.25, 0.3) is 0 Å². The molecular formula is C31H41BrFN3O7. The van der Waals surface area contributed by atoms with E-state index in [0.29, 0.717) is 42.8 Å². The average molecular weight is 667 g/mol. The molecule has 1 fully saturated rings. The van der Waals surface area contributed by atoms with Crippen LogP contribution in [0.4, 0.5) is 10.1 Å². The number of carboxylic acid groups (broad SMARTS) is 1. The van der Waals surface area contributed by atoms with Gasteiger partial charge in [-0.05, 0) is 42.0 Å². The molecule has 2 aliphatic rings. The Morgan fingerprint density at radius 3 is 2.35 bits per heavy atom. The molecule has 236 valence electrons. The van der Waals surface area contributed by atoms with Crippen molar-refractivity contribution in [1.82, 2.24) is 4.90 Å². The Morgan fingerprint density at radius 2 is 1.79 bits per heavy atom. The van der Waals surface area contributed by atoms with Crippen LogP contribution in [0, 0.1) is 11.2 Å². The van der Waals surface area contributed by atoms with Crippen molar-refractivity contribution in [2.24, 2.45) is 0 Å².